The maximum Gasteiger partial charge on any atom is 0.244 e. The predicted octanol–water partition coefficient (Wildman–Crippen LogP) is 5.38. The molecule has 1 N–H and O–H groups in total. The number of hydrogen-bond acceptors (Lipinski definition) is 4. The van der Waals surface area contributed by atoms with Gasteiger partial charge in [-0.1, -0.05) is 80.2 Å². The second-order valence-corrected chi connectivity index (χ2v) is 14.1. The number of benzene rings is 2. The van der Waals surface area contributed by atoms with Gasteiger partial charge in [-0.25, -0.2) is 8.42 Å². The van der Waals surface area contributed by atoms with Crippen molar-refractivity contribution in [2.24, 2.45) is 0 Å². The standard InChI is InChI=1S/C29H40BrN3O4S/c1-21(28(35)31-25-9-7-6-8-10-25)32(19-22-11-15-24(30)16-12-22)27(34)20-33(38(5,36)37)26-17-13-23(14-18-26)29(2,3)4/h11-18,21,25H,6-10,19-20H2,1-5H3,(H,31,35)/t21-/m1/s1. The van der Waals surface area contributed by atoms with E-state index in [0.29, 0.717) is 5.69 Å². The molecule has 0 unspecified atom stereocenters. The minimum Gasteiger partial charge on any atom is -0.352 e. The molecule has 9 heteroatoms. The molecule has 0 spiro atoms. The molecule has 1 aliphatic carbocycles. The van der Waals surface area contributed by atoms with Crippen molar-refractivity contribution in [3.05, 3.63) is 64.1 Å². The number of hydrogen-bond donors (Lipinski definition) is 1. The molecule has 7 nitrogen and oxygen atoms in total. The third kappa shape index (κ3) is 8.30. The van der Waals surface area contributed by atoms with Gasteiger partial charge in [0.2, 0.25) is 21.8 Å². The topological polar surface area (TPSA) is 86.8 Å². The third-order valence-corrected chi connectivity index (χ3v) is 8.75. The molecule has 3 rings (SSSR count). The fraction of sp³-hybridized carbons (Fsp3) is 0.517. The zero-order chi connectivity index (χ0) is 28.1. The molecule has 1 atom stereocenters. The first-order valence-electron chi connectivity index (χ1n) is 13.2. The first-order chi connectivity index (χ1) is 17.8. The Hall–Kier alpha value is -2.39. The van der Waals surface area contributed by atoms with Gasteiger partial charge >= 0.3 is 0 Å². The lowest BCUT2D eigenvalue weighted by Crippen LogP contribution is -2.52. The zero-order valence-electron chi connectivity index (χ0n) is 23.0. The fourth-order valence-electron chi connectivity index (χ4n) is 4.68. The van der Waals surface area contributed by atoms with E-state index in [4.69, 9.17) is 0 Å². The second-order valence-electron chi connectivity index (χ2n) is 11.2. The van der Waals surface area contributed by atoms with Gasteiger partial charge in [-0.2, -0.15) is 0 Å². The van der Waals surface area contributed by atoms with Crippen molar-refractivity contribution < 1.29 is 18.0 Å². The van der Waals surface area contributed by atoms with Crippen LogP contribution in [0.2, 0.25) is 0 Å². The van der Waals surface area contributed by atoms with Gasteiger partial charge in [-0.15, -0.1) is 0 Å². The van der Waals surface area contributed by atoms with Crippen molar-refractivity contribution in [1.29, 1.82) is 0 Å². The molecule has 2 aromatic rings. The molecule has 1 aliphatic rings. The number of nitrogens with zero attached hydrogens (tertiary/aromatic N) is 2. The summed E-state index contributed by atoms with van der Waals surface area (Å²) < 4.78 is 27.6. The summed E-state index contributed by atoms with van der Waals surface area (Å²) in [5.74, 6) is -0.660. The average molecular weight is 607 g/mol. The first kappa shape index (κ1) is 30.2. The molecule has 0 heterocycles. The van der Waals surface area contributed by atoms with Crippen LogP contribution in [-0.4, -0.2) is 50.0 Å². The van der Waals surface area contributed by atoms with Crippen LogP contribution in [0.4, 0.5) is 5.69 Å². The number of amides is 2. The number of halogens is 1. The fourth-order valence-corrected chi connectivity index (χ4v) is 5.79. The smallest absolute Gasteiger partial charge is 0.244 e. The van der Waals surface area contributed by atoms with Crippen LogP contribution in [0.1, 0.15) is 70.9 Å². The van der Waals surface area contributed by atoms with E-state index < -0.39 is 28.5 Å². The molecule has 0 radical (unpaired) electrons. The molecule has 0 bridgehead atoms. The van der Waals surface area contributed by atoms with Gasteiger partial charge in [0.1, 0.15) is 12.6 Å². The van der Waals surface area contributed by atoms with Crippen molar-refractivity contribution in [3.63, 3.8) is 0 Å². The van der Waals surface area contributed by atoms with Gasteiger partial charge in [0.25, 0.3) is 0 Å². The molecule has 2 aromatic carbocycles. The maximum absolute atomic E-state index is 13.7. The van der Waals surface area contributed by atoms with Crippen LogP contribution >= 0.6 is 15.9 Å². The highest BCUT2D eigenvalue weighted by atomic mass is 79.9. The van der Waals surface area contributed by atoms with Crippen molar-refractivity contribution >= 4 is 43.5 Å². The van der Waals surface area contributed by atoms with Gasteiger partial charge in [-0.05, 0) is 60.6 Å². The van der Waals surface area contributed by atoms with Crippen LogP contribution in [0.25, 0.3) is 0 Å². The van der Waals surface area contributed by atoms with Gasteiger partial charge in [0.15, 0.2) is 0 Å². The van der Waals surface area contributed by atoms with Crippen LogP contribution < -0.4 is 9.62 Å². The van der Waals surface area contributed by atoms with E-state index in [0.717, 1.165) is 51.8 Å². The van der Waals surface area contributed by atoms with Crippen molar-refractivity contribution in [2.45, 2.75) is 83.8 Å². The van der Waals surface area contributed by atoms with Crippen LogP contribution in [0, 0.1) is 0 Å². The van der Waals surface area contributed by atoms with Gasteiger partial charge < -0.3 is 10.2 Å². The summed E-state index contributed by atoms with van der Waals surface area (Å²) in [4.78, 5) is 28.5. The highest BCUT2D eigenvalue weighted by molar-refractivity contribution is 9.10. The maximum atomic E-state index is 13.7. The van der Waals surface area contributed by atoms with E-state index in [2.05, 4.69) is 42.0 Å². The van der Waals surface area contributed by atoms with Crippen LogP contribution in [0.3, 0.4) is 0 Å². The van der Waals surface area contributed by atoms with E-state index in [9.17, 15) is 18.0 Å². The Morgan fingerprint density at radius 3 is 2.11 bits per heavy atom. The lowest BCUT2D eigenvalue weighted by atomic mass is 9.87. The van der Waals surface area contributed by atoms with Crippen LogP contribution in [0.15, 0.2) is 53.0 Å². The Morgan fingerprint density at radius 2 is 1.58 bits per heavy atom. The van der Waals surface area contributed by atoms with Crippen molar-refractivity contribution in [1.82, 2.24) is 10.2 Å². The number of anilines is 1. The Labute approximate surface area is 236 Å². The molecule has 1 fully saturated rings. The third-order valence-electron chi connectivity index (χ3n) is 7.09. The van der Waals surface area contributed by atoms with Crippen LogP contribution in [-0.2, 0) is 31.6 Å². The molecule has 38 heavy (non-hydrogen) atoms. The summed E-state index contributed by atoms with van der Waals surface area (Å²) in [5.41, 5.74) is 2.23. The quantitative estimate of drug-likeness (QED) is 0.416. The summed E-state index contributed by atoms with van der Waals surface area (Å²) in [6.07, 6.45) is 6.30. The minimum atomic E-state index is -3.76. The Balaban J connectivity index is 1.87. The average Bonchev–Trinajstić information content (AvgIpc) is 2.86. The lowest BCUT2D eigenvalue weighted by molar-refractivity contribution is -0.139. The minimum absolute atomic E-state index is 0.0904. The van der Waals surface area contributed by atoms with Crippen molar-refractivity contribution in [2.75, 3.05) is 17.1 Å². The van der Waals surface area contributed by atoms with Gasteiger partial charge in [0.05, 0.1) is 11.9 Å². The summed E-state index contributed by atoms with van der Waals surface area (Å²) >= 11 is 3.43. The summed E-state index contributed by atoms with van der Waals surface area (Å²) in [5, 5.41) is 3.11. The van der Waals surface area contributed by atoms with Gasteiger partial charge in [0, 0.05) is 17.1 Å². The molecule has 2 amide bonds. The van der Waals surface area contributed by atoms with Crippen LogP contribution in [0.5, 0.6) is 0 Å². The summed E-state index contributed by atoms with van der Waals surface area (Å²) in [7, 11) is -3.76. The summed E-state index contributed by atoms with van der Waals surface area (Å²) in [6.45, 7) is 7.74. The Morgan fingerprint density at radius 1 is 1.00 bits per heavy atom. The normalized spacial score (nSPS) is 15.5. The number of carbonyl (C=O) groups is 2. The monoisotopic (exact) mass is 605 g/mol. The van der Waals surface area contributed by atoms with E-state index in [1.807, 2.05) is 36.4 Å². The molecule has 0 aliphatic heterocycles. The zero-order valence-corrected chi connectivity index (χ0v) is 25.4. The number of nitrogens with one attached hydrogen (secondary N) is 1. The molecule has 208 valence electrons. The Kier molecular flexibility index (Phi) is 10.0. The molecule has 0 saturated heterocycles. The highest BCUT2D eigenvalue weighted by Crippen LogP contribution is 2.26. The van der Waals surface area contributed by atoms with E-state index in [1.54, 1.807) is 19.1 Å². The lowest BCUT2D eigenvalue weighted by Gasteiger charge is -2.33. The number of rotatable bonds is 9. The van der Waals surface area contributed by atoms with Gasteiger partial charge in [-0.3, -0.25) is 13.9 Å². The first-order valence-corrected chi connectivity index (χ1v) is 15.8. The number of carbonyl (C=O) groups excluding carboxylic acids is 2. The predicted molar refractivity (Wildman–Crippen MR) is 157 cm³/mol. The second kappa shape index (κ2) is 12.6. The summed E-state index contributed by atoms with van der Waals surface area (Å²) in [6, 6.07) is 14.1. The SMILES string of the molecule is C[C@H](C(=O)NC1CCCCC1)N(Cc1ccc(Br)cc1)C(=O)CN(c1ccc(C(C)(C)C)cc1)S(C)(=O)=O. The number of sulfonamides is 1. The largest absolute Gasteiger partial charge is 0.352 e. The van der Waals surface area contributed by atoms with E-state index in [1.165, 1.54) is 11.3 Å². The molecule has 0 aromatic heterocycles. The Bertz CT molecular complexity index is 1200. The van der Waals surface area contributed by atoms with E-state index in [-0.39, 0.29) is 23.9 Å². The molecular formula is C29H40BrN3O4S. The molecule has 1 saturated carbocycles. The van der Waals surface area contributed by atoms with E-state index >= 15 is 0 Å². The van der Waals surface area contributed by atoms with Crippen molar-refractivity contribution in [3.8, 4) is 0 Å². The highest BCUT2D eigenvalue weighted by Gasteiger charge is 2.31. The molecular weight excluding hydrogens is 566 g/mol.